The van der Waals surface area contributed by atoms with Crippen molar-refractivity contribution in [3.63, 3.8) is 0 Å². The van der Waals surface area contributed by atoms with Crippen LogP contribution in [0.25, 0.3) is 0 Å². The fourth-order valence-electron chi connectivity index (χ4n) is 3.01. The van der Waals surface area contributed by atoms with Crippen LogP contribution >= 0.6 is 0 Å². The number of anilines is 2. The monoisotopic (exact) mass is 297 g/mol. The van der Waals surface area contributed by atoms with Gasteiger partial charge in [0.15, 0.2) is 0 Å². The lowest BCUT2D eigenvalue weighted by molar-refractivity contribution is 0.446. The number of piperidine rings is 1. The zero-order valence-corrected chi connectivity index (χ0v) is 13.1. The molecule has 1 aliphatic heterocycles. The average Bonchev–Trinajstić information content (AvgIpc) is 2.61. The number of hydrogen-bond donors (Lipinski definition) is 1. The predicted octanol–water partition coefficient (Wildman–Crippen LogP) is 3.25. The fraction of sp³-hybridized carbons (Fsp3) is 0.471. The molecule has 0 bridgehead atoms. The summed E-state index contributed by atoms with van der Waals surface area (Å²) in [6.45, 7) is 4.02. The van der Waals surface area contributed by atoms with Crippen molar-refractivity contribution in [3.05, 3.63) is 42.5 Å². The van der Waals surface area contributed by atoms with Crippen LogP contribution in [0.2, 0.25) is 0 Å². The predicted molar refractivity (Wildman–Crippen MR) is 88.9 cm³/mol. The highest BCUT2D eigenvalue weighted by molar-refractivity contribution is 5.49. The Hall–Kier alpha value is -2.17. The minimum Gasteiger partial charge on any atom is -0.364 e. The lowest BCUT2D eigenvalue weighted by Gasteiger charge is -2.36. The fourth-order valence-corrected chi connectivity index (χ4v) is 3.01. The summed E-state index contributed by atoms with van der Waals surface area (Å²) in [5, 5.41) is 3.33. The minimum absolute atomic E-state index is 0.604. The third kappa shape index (κ3) is 3.53. The van der Waals surface area contributed by atoms with Gasteiger partial charge in [0, 0.05) is 24.8 Å². The SMILES string of the molecule is CCC1CCCCN1c1cc(NCc2ccccn2)ncn1. The molecule has 0 saturated carbocycles. The van der Waals surface area contributed by atoms with E-state index in [9.17, 15) is 0 Å². The lowest BCUT2D eigenvalue weighted by Crippen LogP contribution is -2.39. The van der Waals surface area contributed by atoms with E-state index in [0.29, 0.717) is 12.6 Å². The molecule has 1 aliphatic rings. The summed E-state index contributed by atoms with van der Waals surface area (Å²) >= 11 is 0. The number of nitrogens with zero attached hydrogens (tertiary/aromatic N) is 4. The summed E-state index contributed by atoms with van der Waals surface area (Å²) in [5.41, 5.74) is 1.01. The summed E-state index contributed by atoms with van der Waals surface area (Å²) < 4.78 is 0. The Kier molecular flexibility index (Phi) is 4.83. The first-order valence-corrected chi connectivity index (χ1v) is 8.09. The van der Waals surface area contributed by atoms with E-state index in [1.54, 1.807) is 6.33 Å². The van der Waals surface area contributed by atoms with Crippen molar-refractivity contribution >= 4 is 11.6 Å². The Morgan fingerprint density at radius 2 is 2.18 bits per heavy atom. The molecule has 1 saturated heterocycles. The summed E-state index contributed by atoms with van der Waals surface area (Å²) in [4.78, 5) is 15.5. The van der Waals surface area contributed by atoms with Crippen LogP contribution in [0.3, 0.4) is 0 Å². The van der Waals surface area contributed by atoms with Crippen LogP contribution in [0.1, 0.15) is 38.3 Å². The smallest absolute Gasteiger partial charge is 0.134 e. The second-order valence-corrected chi connectivity index (χ2v) is 5.69. The van der Waals surface area contributed by atoms with Gasteiger partial charge >= 0.3 is 0 Å². The van der Waals surface area contributed by atoms with Gasteiger partial charge in [0.1, 0.15) is 18.0 Å². The van der Waals surface area contributed by atoms with Crippen LogP contribution in [0.4, 0.5) is 11.6 Å². The van der Waals surface area contributed by atoms with Crippen LogP contribution in [0.15, 0.2) is 36.8 Å². The van der Waals surface area contributed by atoms with E-state index in [2.05, 4.69) is 38.2 Å². The van der Waals surface area contributed by atoms with Gasteiger partial charge in [-0.25, -0.2) is 9.97 Å². The Balaban J connectivity index is 1.69. The van der Waals surface area contributed by atoms with E-state index in [1.807, 2.05) is 24.4 Å². The first-order chi connectivity index (χ1) is 10.9. The average molecular weight is 297 g/mol. The molecular formula is C17H23N5. The molecule has 0 spiro atoms. The molecule has 0 aliphatic carbocycles. The molecular weight excluding hydrogens is 274 g/mol. The standard InChI is InChI=1S/C17H23N5/c1-2-15-8-4-6-10-22(15)17-11-16(20-13-21-17)19-12-14-7-3-5-9-18-14/h3,5,7,9,11,13,15H,2,4,6,8,10,12H2,1H3,(H,19,20,21). The van der Waals surface area contributed by atoms with Gasteiger partial charge in [0.05, 0.1) is 12.2 Å². The van der Waals surface area contributed by atoms with Crippen molar-refractivity contribution in [1.29, 1.82) is 0 Å². The van der Waals surface area contributed by atoms with Crippen molar-refractivity contribution < 1.29 is 0 Å². The van der Waals surface area contributed by atoms with Crippen LogP contribution in [-0.2, 0) is 6.54 Å². The highest BCUT2D eigenvalue weighted by Crippen LogP contribution is 2.25. The van der Waals surface area contributed by atoms with Crippen molar-refractivity contribution in [1.82, 2.24) is 15.0 Å². The molecule has 2 aromatic rings. The molecule has 3 heterocycles. The molecule has 5 nitrogen and oxygen atoms in total. The van der Waals surface area contributed by atoms with Gasteiger partial charge in [0.2, 0.25) is 0 Å². The summed E-state index contributed by atoms with van der Waals surface area (Å²) in [7, 11) is 0. The van der Waals surface area contributed by atoms with E-state index in [0.717, 1.165) is 23.9 Å². The van der Waals surface area contributed by atoms with E-state index in [4.69, 9.17) is 0 Å². The van der Waals surface area contributed by atoms with E-state index in [-0.39, 0.29) is 0 Å². The van der Waals surface area contributed by atoms with E-state index in [1.165, 1.54) is 25.7 Å². The zero-order valence-electron chi connectivity index (χ0n) is 13.1. The van der Waals surface area contributed by atoms with Gasteiger partial charge in [0.25, 0.3) is 0 Å². The third-order valence-corrected chi connectivity index (χ3v) is 4.22. The quantitative estimate of drug-likeness (QED) is 0.918. The van der Waals surface area contributed by atoms with Gasteiger partial charge in [-0.05, 0) is 37.8 Å². The Morgan fingerprint density at radius 1 is 1.23 bits per heavy atom. The van der Waals surface area contributed by atoms with Gasteiger partial charge in [-0.15, -0.1) is 0 Å². The van der Waals surface area contributed by atoms with E-state index < -0.39 is 0 Å². The van der Waals surface area contributed by atoms with E-state index >= 15 is 0 Å². The molecule has 1 fully saturated rings. The van der Waals surface area contributed by atoms with Crippen LogP contribution in [0, 0.1) is 0 Å². The molecule has 116 valence electrons. The number of pyridine rings is 1. The summed E-state index contributed by atoms with van der Waals surface area (Å²) in [5.74, 6) is 1.89. The van der Waals surface area contributed by atoms with Crippen molar-refractivity contribution in [2.24, 2.45) is 0 Å². The van der Waals surface area contributed by atoms with Crippen molar-refractivity contribution in [3.8, 4) is 0 Å². The first-order valence-electron chi connectivity index (χ1n) is 8.09. The summed E-state index contributed by atoms with van der Waals surface area (Å²) in [6.07, 6.45) is 8.46. The van der Waals surface area contributed by atoms with Gasteiger partial charge in [-0.2, -0.15) is 0 Å². The highest BCUT2D eigenvalue weighted by Gasteiger charge is 2.22. The molecule has 3 rings (SSSR count). The number of nitrogens with one attached hydrogen (secondary N) is 1. The van der Waals surface area contributed by atoms with Crippen LogP contribution < -0.4 is 10.2 Å². The maximum atomic E-state index is 4.48. The molecule has 0 aromatic carbocycles. The molecule has 2 aromatic heterocycles. The number of aromatic nitrogens is 3. The molecule has 0 amide bonds. The topological polar surface area (TPSA) is 53.9 Å². The Bertz CT molecular complexity index is 587. The third-order valence-electron chi connectivity index (χ3n) is 4.22. The van der Waals surface area contributed by atoms with Crippen LogP contribution in [0.5, 0.6) is 0 Å². The van der Waals surface area contributed by atoms with Gasteiger partial charge < -0.3 is 10.2 Å². The molecule has 1 N–H and O–H groups in total. The molecule has 5 heteroatoms. The Morgan fingerprint density at radius 3 is 3.00 bits per heavy atom. The normalized spacial score (nSPS) is 18.2. The molecule has 1 atom stereocenters. The Labute approximate surface area is 131 Å². The summed E-state index contributed by atoms with van der Waals surface area (Å²) in [6, 6.07) is 8.58. The minimum atomic E-state index is 0.604. The number of hydrogen-bond acceptors (Lipinski definition) is 5. The van der Waals surface area contributed by atoms with Crippen molar-refractivity contribution in [2.45, 2.75) is 45.2 Å². The van der Waals surface area contributed by atoms with Gasteiger partial charge in [-0.3, -0.25) is 4.98 Å². The maximum absolute atomic E-state index is 4.48. The lowest BCUT2D eigenvalue weighted by atomic mass is 10.0. The first kappa shape index (κ1) is 14.8. The van der Waals surface area contributed by atoms with Gasteiger partial charge in [-0.1, -0.05) is 13.0 Å². The number of rotatable bonds is 5. The maximum Gasteiger partial charge on any atom is 0.134 e. The largest absolute Gasteiger partial charge is 0.364 e. The second kappa shape index (κ2) is 7.20. The molecule has 1 unspecified atom stereocenters. The van der Waals surface area contributed by atoms with Crippen LogP contribution in [-0.4, -0.2) is 27.5 Å². The molecule has 22 heavy (non-hydrogen) atoms. The highest BCUT2D eigenvalue weighted by atomic mass is 15.2. The van der Waals surface area contributed by atoms with Crippen molar-refractivity contribution in [2.75, 3.05) is 16.8 Å². The second-order valence-electron chi connectivity index (χ2n) is 5.69. The zero-order chi connectivity index (χ0) is 15.2. The molecule has 0 radical (unpaired) electrons.